The molecule has 1 saturated heterocycles. The van der Waals surface area contributed by atoms with Crippen LogP contribution in [0.4, 0.5) is 10.8 Å². The Labute approximate surface area is 133 Å². The van der Waals surface area contributed by atoms with E-state index in [2.05, 4.69) is 15.6 Å². The Balaban J connectivity index is 1.71. The normalized spacial score (nSPS) is 14.9. The Morgan fingerprint density at radius 1 is 1.32 bits per heavy atom. The lowest BCUT2D eigenvalue weighted by Crippen LogP contribution is -2.36. The molecule has 0 aliphatic carbocycles. The number of nitrogens with zero attached hydrogens (tertiary/aromatic N) is 2. The van der Waals surface area contributed by atoms with Gasteiger partial charge in [-0.2, -0.15) is 0 Å². The van der Waals surface area contributed by atoms with Gasteiger partial charge in [-0.15, -0.1) is 11.3 Å². The number of ether oxygens (including phenoxy) is 1. The SMILES string of the molecule is CCC(=O)Nc1ccc(-c2csc(N3CCOCC3)n2)cc1. The lowest BCUT2D eigenvalue weighted by molar-refractivity contribution is -0.115. The van der Waals surface area contributed by atoms with Crippen molar-refractivity contribution in [1.29, 1.82) is 0 Å². The number of aromatic nitrogens is 1. The molecular formula is C16H19N3O2S. The molecule has 2 aromatic rings. The number of benzene rings is 1. The highest BCUT2D eigenvalue weighted by atomic mass is 32.1. The average molecular weight is 317 g/mol. The first-order valence-corrected chi connectivity index (χ1v) is 8.32. The smallest absolute Gasteiger partial charge is 0.224 e. The second-order valence-corrected chi connectivity index (χ2v) is 5.93. The lowest BCUT2D eigenvalue weighted by Gasteiger charge is -2.26. The maximum absolute atomic E-state index is 11.4. The molecule has 1 aromatic carbocycles. The summed E-state index contributed by atoms with van der Waals surface area (Å²) in [6.07, 6.45) is 0.483. The molecule has 6 heteroatoms. The predicted octanol–water partition coefficient (Wildman–Crippen LogP) is 3.00. The summed E-state index contributed by atoms with van der Waals surface area (Å²) in [5.41, 5.74) is 2.85. The van der Waals surface area contributed by atoms with E-state index in [0.29, 0.717) is 6.42 Å². The molecule has 116 valence electrons. The minimum atomic E-state index is 0.0241. The molecule has 0 atom stereocenters. The third-order valence-electron chi connectivity index (χ3n) is 3.56. The van der Waals surface area contributed by atoms with Crippen LogP contribution in [0.25, 0.3) is 11.3 Å². The maximum atomic E-state index is 11.4. The van der Waals surface area contributed by atoms with Gasteiger partial charge >= 0.3 is 0 Å². The zero-order valence-electron chi connectivity index (χ0n) is 12.5. The van der Waals surface area contributed by atoms with Crippen molar-refractivity contribution in [1.82, 2.24) is 4.98 Å². The first-order chi connectivity index (χ1) is 10.8. The number of carbonyl (C=O) groups excluding carboxylic acids is 1. The Morgan fingerprint density at radius 3 is 2.73 bits per heavy atom. The number of amides is 1. The molecular weight excluding hydrogens is 298 g/mol. The van der Waals surface area contributed by atoms with Crippen LogP contribution in [0.15, 0.2) is 29.6 Å². The number of hydrogen-bond donors (Lipinski definition) is 1. The van der Waals surface area contributed by atoms with Crippen molar-refractivity contribution >= 4 is 28.1 Å². The van der Waals surface area contributed by atoms with E-state index in [1.807, 2.05) is 31.2 Å². The fourth-order valence-corrected chi connectivity index (χ4v) is 3.16. The number of hydrogen-bond acceptors (Lipinski definition) is 5. The highest BCUT2D eigenvalue weighted by Crippen LogP contribution is 2.28. The predicted molar refractivity (Wildman–Crippen MR) is 89.5 cm³/mol. The van der Waals surface area contributed by atoms with E-state index >= 15 is 0 Å². The second-order valence-electron chi connectivity index (χ2n) is 5.09. The van der Waals surface area contributed by atoms with Crippen LogP contribution in [0.3, 0.4) is 0 Å². The molecule has 0 radical (unpaired) electrons. The molecule has 22 heavy (non-hydrogen) atoms. The van der Waals surface area contributed by atoms with E-state index in [1.165, 1.54) is 0 Å². The van der Waals surface area contributed by atoms with E-state index in [9.17, 15) is 4.79 Å². The fourth-order valence-electron chi connectivity index (χ4n) is 2.27. The molecule has 1 aromatic heterocycles. The minimum Gasteiger partial charge on any atom is -0.378 e. The van der Waals surface area contributed by atoms with Crippen LogP contribution < -0.4 is 10.2 Å². The number of thiazole rings is 1. The third kappa shape index (κ3) is 3.45. The molecule has 0 unspecified atom stereocenters. The highest BCUT2D eigenvalue weighted by Gasteiger charge is 2.15. The Morgan fingerprint density at radius 2 is 2.05 bits per heavy atom. The molecule has 1 N–H and O–H groups in total. The Hall–Kier alpha value is -1.92. The van der Waals surface area contributed by atoms with E-state index in [0.717, 1.165) is 48.4 Å². The molecule has 0 spiro atoms. The monoisotopic (exact) mass is 317 g/mol. The van der Waals surface area contributed by atoms with Gasteiger partial charge in [0, 0.05) is 36.1 Å². The number of rotatable bonds is 4. The van der Waals surface area contributed by atoms with E-state index in [4.69, 9.17) is 9.72 Å². The van der Waals surface area contributed by atoms with E-state index in [1.54, 1.807) is 11.3 Å². The van der Waals surface area contributed by atoms with Gasteiger partial charge in [0.25, 0.3) is 0 Å². The lowest BCUT2D eigenvalue weighted by atomic mass is 10.1. The van der Waals surface area contributed by atoms with Crippen molar-refractivity contribution in [2.45, 2.75) is 13.3 Å². The summed E-state index contributed by atoms with van der Waals surface area (Å²) >= 11 is 1.66. The fraction of sp³-hybridized carbons (Fsp3) is 0.375. The highest BCUT2D eigenvalue weighted by molar-refractivity contribution is 7.14. The van der Waals surface area contributed by atoms with Crippen molar-refractivity contribution in [2.75, 3.05) is 36.5 Å². The van der Waals surface area contributed by atoms with Crippen LogP contribution in [-0.2, 0) is 9.53 Å². The Bertz CT molecular complexity index is 633. The summed E-state index contributed by atoms with van der Waals surface area (Å²) in [7, 11) is 0. The van der Waals surface area contributed by atoms with Crippen LogP contribution >= 0.6 is 11.3 Å². The van der Waals surface area contributed by atoms with Gasteiger partial charge in [0.15, 0.2) is 5.13 Å². The quantitative estimate of drug-likeness (QED) is 0.942. The molecule has 1 aliphatic rings. The van der Waals surface area contributed by atoms with Gasteiger partial charge in [0.05, 0.1) is 18.9 Å². The zero-order valence-corrected chi connectivity index (χ0v) is 13.4. The van der Waals surface area contributed by atoms with Crippen LogP contribution in [0.5, 0.6) is 0 Å². The maximum Gasteiger partial charge on any atom is 0.224 e. The van der Waals surface area contributed by atoms with Gasteiger partial charge < -0.3 is 15.0 Å². The number of anilines is 2. The Kier molecular flexibility index (Phi) is 4.70. The number of nitrogens with one attached hydrogen (secondary N) is 1. The van der Waals surface area contributed by atoms with Crippen LogP contribution in [0.2, 0.25) is 0 Å². The largest absolute Gasteiger partial charge is 0.378 e. The summed E-state index contributed by atoms with van der Waals surface area (Å²) in [5, 5.41) is 5.97. The molecule has 5 nitrogen and oxygen atoms in total. The van der Waals surface area contributed by atoms with Crippen molar-refractivity contribution in [3.8, 4) is 11.3 Å². The van der Waals surface area contributed by atoms with Gasteiger partial charge in [0.1, 0.15) is 0 Å². The minimum absolute atomic E-state index is 0.0241. The van der Waals surface area contributed by atoms with Crippen molar-refractivity contribution in [3.05, 3.63) is 29.6 Å². The summed E-state index contributed by atoms with van der Waals surface area (Å²) in [5.74, 6) is 0.0241. The molecule has 1 aliphatic heterocycles. The van der Waals surface area contributed by atoms with Crippen molar-refractivity contribution in [2.24, 2.45) is 0 Å². The standard InChI is InChI=1S/C16H19N3O2S/c1-2-15(20)17-13-5-3-12(4-6-13)14-11-22-16(18-14)19-7-9-21-10-8-19/h3-6,11H,2,7-10H2,1H3,(H,17,20). The van der Waals surface area contributed by atoms with Gasteiger partial charge in [-0.05, 0) is 12.1 Å². The second kappa shape index (κ2) is 6.89. The van der Waals surface area contributed by atoms with Crippen LogP contribution in [0.1, 0.15) is 13.3 Å². The van der Waals surface area contributed by atoms with Crippen molar-refractivity contribution < 1.29 is 9.53 Å². The summed E-state index contributed by atoms with van der Waals surface area (Å²) in [4.78, 5) is 18.3. The molecule has 0 bridgehead atoms. The van der Waals surface area contributed by atoms with Gasteiger partial charge in [-0.25, -0.2) is 4.98 Å². The first kappa shape index (κ1) is 15.0. The average Bonchev–Trinajstić information content (AvgIpc) is 3.06. The van der Waals surface area contributed by atoms with Crippen molar-refractivity contribution in [3.63, 3.8) is 0 Å². The number of morpholine rings is 1. The van der Waals surface area contributed by atoms with Crippen LogP contribution in [0, 0.1) is 0 Å². The molecule has 1 amide bonds. The van der Waals surface area contributed by atoms with E-state index in [-0.39, 0.29) is 5.91 Å². The molecule has 1 fully saturated rings. The van der Waals surface area contributed by atoms with Gasteiger partial charge in [0.2, 0.25) is 5.91 Å². The van der Waals surface area contributed by atoms with Crippen LogP contribution in [-0.4, -0.2) is 37.2 Å². The molecule has 3 rings (SSSR count). The van der Waals surface area contributed by atoms with E-state index < -0.39 is 0 Å². The van der Waals surface area contributed by atoms with Gasteiger partial charge in [-0.3, -0.25) is 4.79 Å². The number of carbonyl (C=O) groups is 1. The van der Waals surface area contributed by atoms with Gasteiger partial charge in [-0.1, -0.05) is 19.1 Å². The molecule has 0 saturated carbocycles. The topological polar surface area (TPSA) is 54.5 Å². The first-order valence-electron chi connectivity index (χ1n) is 7.45. The molecule has 2 heterocycles. The summed E-state index contributed by atoms with van der Waals surface area (Å²) in [6, 6.07) is 7.81. The summed E-state index contributed by atoms with van der Waals surface area (Å²) in [6.45, 7) is 5.16. The third-order valence-corrected chi connectivity index (χ3v) is 4.46. The zero-order chi connectivity index (χ0) is 15.4. The summed E-state index contributed by atoms with van der Waals surface area (Å²) < 4.78 is 5.37.